The van der Waals surface area contributed by atoms with Crippen LogP contribution in [0.25, 0.3) is 0 Å². The Morgan fingerprint density at radius 1 is 0.818 bits per heavy atom. The van der Waals surface area contributed by atoms with Crippen LogP contribution in [0.3, 0.4) is 0 Å². The van der Waals surface area contributed by atoms with Gasteiger partial charge in [0.05, 0.1) is 4.92 Å². The van der Waals surface area contributed by atoms with E-state index in [1.165, 1.54) is 32.1 Å². The number of nitro groups is 1. The summed E-state index contributed by atoms with van der Waals surface area (Å²) < 4.78 is 0. The maximum absolute atomic E-state index is 11.4. The smallest absolute Gasteiger partial charge is 0.292 e. The molecule has 0 aromatic heterocycles. The van der Waals surface area contributed by atoms with E-state index >= 15 is 0 Å². The molecule has 5 nitrogen and oxygen atoms in total. The van der Waals surface area contributed by atoms with Gasteiger partial charge in [-0.2, -0.15) is 0 Å². The first-order chi connectivity index (χ1) is 10.8. The van der Waals surface area contributed by atoms with Crippen molar-refractivity contribution in [1.29, 1.82) is 0 Å². The van der Waals surface area contributed by atoms with Gasteiger partial charge in [-0.15, -0.1) is 0 Å². The van der Waals surface area contributed by atoms with E-state index in [-0.39, 0.29) is 10.6 Å². The van der Waals surface area contributed by atoms with Crippen molar-refractivity contribution in [2.45, 2.75) is 44.9 Å². The van der Waals surface area contributed by atoms with Crippen molar-refractivity contribution in [3.63, 3.8) is 0 Å². The van der Waals surface area contributed by atoms with E-state index in [4.69, 9.17) is 0 Å². The van der Waals surface area contributed by atoms with Crippen LogP contribution < -0.4 is 9.80 Å². The van der Waals surface area contributed by atoms with E-state index in [0.29, 0.717) is 0 Å². The van der Waals surface area contributed by atoms with E-state index in [1.54, 1.807) is 6.07 Å². The Hall–Kier alpha value is -1.78. The van der Waals surface area contributed by atoms with E-state index in [1.807, 2.05) is 6.07 Å². The highest BCUT2D eigenvalue weighted by Crippen LogP contribution is 2.34. The normalized spacial score (nSPS) is 19.8. The second-order valence-electron chi connectivity index (χ2n) is 6.38. The molecule has 2 heterocycles. The van der Waals surface area contributed by atoms with Crippen molar-refractivity contribution in [2.24, 2.45) is 0 Å². The van der Waals surface area contributed by atoms with Crippen molar-refractivity contribution in [3.8, 4) is 0 Å². The number of hydrogen-bond donors (Lipinski definition) is 0. The van der Waals surface area contributed by atoms with Crippen LogP contribution in [0.5, 0.6) is 0 Å². The Bertz CT molecular complexity index is 519. The average Bonchev–Trinajstić information content (AvgIpc) is 2.84. The fourth-order valence-corrected chi connectivity index (χ4v) is 3.58. The number of nitro benzene ring substituents is 1. The number of piperidine rings is 1. The quantitative estimate of drug-likeness (QED) is 0.626. The highest BCUT2D eigenvalue weighted by Gasteiger charge is 2.23. The predicted octanol–water partition coefficient (Wildman–Crippen LogP) is 3.97. The van der Waals surface area contributed by atoms with Gasteiger partial charge in [0.15, 0.2) is 0 Å². The van der Waals surface area contributed by atoms with Crippen molar-refractivity contribution in [1.82, 2.24) is 0 Å². The molecule has 0 N–H and O–H groups in total. The number of benzene rings is 1. The molecular weight excluding hydrogens is 278 g/mol. The van der Waals surface area contributed by atoms with E-state index < -0.39 is 0 Å². The minimum Gasteiger partial charge on any atom is -0.371 e. The van der Waals surface area contributed by atoms with Gasteiger partial charge in [0.25, 0.3) is 5.69 Å². The standard InChI is InChI=1S/C17H25N3O2/c21-20(22)16-9-8-15(18-10-4-1-2-5-11-18)14-17(16)19-12-6-3-7-13-19/h8-9,14H,1-7,10-13H2. The summed E-state index contributed by atoms with van der Waals surface area (Å²) in [6.45, 7) is 4.00. The second kappa shape index (κ2) is 6.99. The van der Waals surface area contributed by atoms with Gasteiger partial charge in [0.1, 0.15) is 5.69 Å². The van der Waals surface area contributed by atoms with E-state index in [9.17, 15) is 10.1 Å². The lowest BCUT2D eigenvalue weighted by Crippen LogP contribution is -2.30. The maximum Gasteiger partial charge on any atom is 0.292 e. The van der Waals surface area contributed by atoms with Crippen LogP contribution in [0.15, 0.2) is 18.2 Å². The van der Waals surface area contributed by atoms with Gasteiger partial charge in [0.2, 0.25) is 0 Å². The summed E-state index contributed by atoms with van der Waals surface area (Å²) in [6, 6.07) is 5.68. The Balaban J connectivity index is 1.90. The molecule has 2 aliphatic heterocycles. The minimum absolute atomic E-state index is 0.240. The summed E-state index contributed by atoms with van der Waals surface area (Å²) >= 11 is 0. The van der Waals surface area contributed by atoms with Gasteiger partial charge < -0.3 is 9.80 Å². The highest BCUT2D eigenvalue weighted by molar-refractivity contribution is 5.70. The number of nitrogens with zero attached hydrogens (tertiary/aromatic N) is 3. The number of hydrogen-bond acceptors (Lipinski definition) is 4. The molecule has 1 aromatic carbocycles. The molecule has 0 unspecified atom stereocenters. The van der Waals surface area contributed by atoms with Gasteiger partial charge in [-0.3, -0.25) is 10.1 Å². The van der Waals surface area contributed by atoms with Crippen LogP contribution >= 0.6 is 0 Å². The highest BCUT2D eigenvalue weighted by atomic mass is 16.6. The summed E-state index contributed by atoms with van der Waals surface area (Å²) in [5.41, 5.74) is 2.21. The summed E-state index contributed by atoms with van der Waals surface area (Å²) in [4.78, 5) is 15.7. The Kier molecular flexibility index (Phi) is 4.80. The van der Waals surface area contributed by atoms with Crippen LogP contribution in [0, 0.1) is 10.1 Å². The van der Waals surface area contributed by atoms with Crippen LogP contribution in [0.4, 0.5) is 17.1 Å². The zero-order valence-corrected chi connectivity index (χ0v) is 13.2. The molecule has 0 atom stereocenters. The predicted molar refractivity (Wildman–Crippen MR) is 89.8 cm³/mol. The van der Waals surface area contributed by atoms with Crippen LogP contribution in [-0.4, -0.2) is 31.1 Å². The Morgan fingerprint density at radius 3 is 1.95 bits per heavy atom. The lowest BCUT2D eigenvalue weighted by Gasteiger charge is -2.30. The molecule has 0 aliphatic carbocycles. The van der Waals surface area contributed by atoms with Crippen LogP contribution in [-0.2, 0) is 0 Å². The number of rotatable bonds is 3. The lowest BCUT2D eigenvalue weighted by molar-refractivity contribution is -0.384. The molecular formula is C17H25N3O2. The first-order valence-corrected chi connectivity index (χ1v) is 8.54. The van der Waals surface area contributed by atoms with Gasteiger partial charge in [0, 0.05) is 37.9 Å². The molecule has 2 saturated heterocycles. The zero-order valence-electron chi connectivity index (χ0n) is 13.2. The Labute approximate surface area is 132 Å². The molecule has 3 rings (SSSR count). The van der Waals surface area contributed by atoms with Gasteiger partial charge in [-0.1, -0.05) is 12.8 Å². The molecule has 0 saturated carbocycles. The average molecular weight is 303 g/mol. The lowest BCUT2D eigenvalue weighted by atomic mass is 10.1. The summed E-state index contributed by atoms with van der Waals surface area (Å²) in [6.07, 6.45) is 8.52. The molecule has 1 aromatic rings. The van der Waals surface area contributed by atoms with Gasteiger partial charge in [-0.25, -0.2) is 0 Å². The van der Waals surface area contributed by atoms with Gasteiger partial charge >= 0.3 is 0 Å². The molecule has 22 heavy (non-hydrogen) atoms. The molecule has 0 bridgehead atoms. The van der Waals surface area contributed by atoms with Crippen LogP contribution in [0.1, 0.15) is 44.9 Å². The molecule has 0 spiro atoms. The third-order valence-corrected chi connectivity index (χ3v) is 4.82. The second-order valence-corrected chi connectivity index (χ2v) is 6.38. The first-order valence-electron chi connectivity index (χ1n) is 8.54. The van der Waals surface area contributed by atoms with Crippen molar-refractivity contribution in [3.05, 3.63) is 28.3 Å². The fraction of sp³-hybridized carbons (Fsp3) is 0.647. The molecule has 0 amide bonds. The molecule has 2 fully saturated rings. The summed E-state index contributed by atoms with van der Waals surface area (Å²) in [7, 11) is 0. The van der Waals surface area contributed by atoms with Crippen molar-refractivity contribution < 1.29 is 4.92 Å². The topological polar surface area (TPSA) is 49.6 Å². The van der Waals surface area contributed by atoms with E-state index in [0.717, 1.165) is 50.4 Å². The number of anilines is 2. The summed E-state index contributed by atoms with van der Waals surface area (Å²) in [5.74, 6) is 0. The van der Waals surface area contributed by atoms with Crippen molar-refractivity contribution in [2.75, 3.05) is 36.0 Å². The van der Waals surface area contributed by atoms with Gasteiger partial charge in [-0.05, 0) is 44.2 Å². The minimum atomic E-state index is -0.240. The molecule has 120 valence electrons. The third-order valence-electron chi connectivity index (χ3n) is 4.82. The zero-order chi connectivity index (χ0) is 15.4. The molecule has 5 heteroatoms. The SMILES string of the molecule is O=[N+]([O-])c1ccc(N2CCCCCC2)cc1N1CCCCC1. The molecule has 2 aliphatic rings. The van der Waals surface area contributed by atoms with Crippen LogP contribution in [0.2, 0.25) is 0 Å². The molecule has 0 radical (unpaired) electrons. The van der Waals surface area contributed by atoms with Crippen molar-refractivity contribution >= 4 is 17.1 Å². The van der Waals surface area contributed by atoms with E-state index in [2.05, 4.69) is 15.9 Å². The first kappa shape index (κ1) is 15.1. The summed E-state index contributed by atoms with van der Waals surface area (Å²) in [5, 5.41) is 11.4. The maximum atomic E-state index is 11.4. The fourth-order valence-electron chi connectivity index (χ4n) is 3.58. The largest absolute Gasteiger partial charge is 0.371 e. The monoisotopic (exact) mass is 303 g/mol. The third kappa shape index (κ3) is 3.34. The Morgan fingerprint density at radius 2 is 1.36 bits per heavy atom.